The summed E-state index contributed by atoms with van der Waals surface area (Å²) in [5.74, 6) is 1.82. The molecule has 0 N–H and O–H groups in total. The van der Waals surface area contributed by atoms with E-state index in [2.05, 4.69) is 170 Å². The molecular formula is C49H29N3O. The van der Waals surface area contributed by atoms with Crippen molar-refractivity contribution >= 4 is 65.0 Å². The van der Waals surface area contributed by atoms with Gasteiger partial charge in [0, 0.05) is 32.8 Å². The monoisotopic (exact) mass is 675 g/mol. The molecule has 0 spiro atoms. The normalized spacial score (nSPS) is 11.8. The fraction of sp³-hybridized carbons (Fsp3) is 0. The molecule has 0 aliphatic carbocycles. The lowest BCUT2D eigenvalue weighted by atomic mass is 9.96. The molecule has 4 nitrogen and oxygen atoms in total. The highest BCUT2D eigenvalue weighted by atomic mass is 16.3. The van der Waals surface area contributed by atoms with Crippen LogP contribution in [0.2, 0.25) is 0 Å². The van der Waals surface area contributed by atoms with Gasteiger partial charge in [0.15, 0.2) is 17.5 Å². The summed E-state index contributed by atoms with van der Waals surface area (Å²) in [5, 5.41) is 11.5. The van der Waals surface area contributed by atoms with E-state index in [1.807, 2.05) is 6.07 Å². The van der Waals surface area contributed by atoms with Crippen LogP contribution in [0.5, 0.6) is 0 Å². The average molecular weight is 676 g/mol. The molecule has 0 radical (unpaired) electrons. The largest absolute Gasteiger partial charge is 0.455 e. The first-order valence-corrected chi connectivity index (χ1v) is 17.8. The van der Waals surface area contributed by atoms with Gasteiger partial charge in [-0.05, 0) is 79.2 Å². The minimum Gasteiger partial charge on any atom is -0.455 e. The van der Waals surface area contributed by atoms with E-state index in [1.165, 1.54) is 21.5 Å². The Balaban J connectivity index is 1.17. The van der Waals surface area contributed by atoms with Gasteiger partial charge in [0.05, 0.1) is 0 Å². The molecule has 11 aromatic rings. The number of aromatic nitrogens is 3. The maximum Gasteiger partial charge on any atom is 0.164 e. The average Bonchev–Trinajstić information content (AvgIpc) is 3.62. The fourth-order valence-corrected chi connectivity index (χ4v) is 7.85. The lowest BCUT2D eigenvalue weighted by molar-refractivity contribution is 0.673. The van der Waals surface area contributed by atoms with Gasteiger partial charge in [0.2, 0.25) is 0 Å². The van der Waals surface area contributed by atoms with Crippen LogP contribution in [0.4, 0.5) is 0 Å². The Hall–Kier alpha value is -7.17. The molecule has 0 aliphatic rings. The van der Waals surface area contributed by atoms with E-state index in [1.54, 1.807) is 0 Å². The zero-order chi connectivity index (χ0) is 34.9. The Morgan fingerprint density at radius 3 is 1.64 bits per heavy atom. The molecular weight excluding hydrogens is 647 g/mol. The van der Waals surface area contributed by atoms with Crippen LogP contribution in [-0.4, -0.2) is 15.0 Å². The summed E-state index contributed by atoms with van der Waals surface area (Å²) in [5.41, 5.74) is 6.55. The molecule has 0 unspecified atom stereocenters. The SMILES string of the molecule is c1ccc(-c2cc(-c3nc(-c4ccc5ccccc5c4)nc(-c4ccc5c(ccc6ccccc65)c4)n3)cc3oc4c5ccccc5ccc4c23)cc1. The second-order valence-corrected chi connectivity index (χ2v) is 13.6. The number of fused-ring (bicyclic) bond motifs is 9. The number of nitrogens with zero attached hydrogens (tertiary/aromatic N) is 3. The second kappa shape index (κ2) is 11.7. The summed E-state index contributed by atoms with van der Waals surface area (Å²) in [4.78, 5) is 15.5. The lowest BCUT2D eigenvalue weighted by Gasteiger charge is -2.12. The minimum atomic E-state index is 0.584. The highest BCUT2D eigenvalue weighted by Crippen LogP contribution is 2.42. The van der Waals surface area contributed by atoms with E-state index in [9.17, 15) is 0 Å². The molecule has 0 aliphatic heterocycles. The van der Waals surface area contributed by atoms with E-state index in [-0.39, 0.29) is 0 Å². The smallest absolute Gasteiger partial charge is 0.164 e. The van der Waals surface area contributed by atoms with Crippen molar-refractivity contribution in [1.82, 2.24) is 15.0 Å². The Morgan fingerprint density at radius 2 is 0.849 bits per heavy atom. The highest BCUT2D eigenvalue weighted by molar-refractivity contribution is 6.19. The summed E-state index contributed by atoms with van der Waals surface area (Å²) in [6.45, 7) is 0. The zero-order valence-corrected chi connectivity index (χ0v) is 28.5. The molecule has 11 rings (SSSR count). The summed E-state index contributed by atoms with van der Waals surface area (Å²) >= 11 is 0. The van der Waals surface area contributed by atoms with Crippen LogP contribution in [0, 0.1) is 0 Å². The van der Waals surface area contributed by atoms with Crippen LogP contribution < -0.4 is 0 Å². The van der Waals surface area contributed by atoms with E-state index >= 15 is 0 Å². The van der Waals surface area contributed by atoms with Crippen molar-refractivity contribution in [3.63, 3.8) is 0 Å². The lowest BCUT2D eigenvalue weighted by Crippen LogP contribution is -2.00. The number of hydrogen-bond donors (Lipinski definition) is 0. The summed E-state index contributed by atoms with van der Waals surface area (Å²) < 4.78 is 6.78. The highest BCUT2D eigenvalue weighted by Gasteiger charge is 2.20. The Morgan fingerprint density at radius 1 is 0.321 bits per heavy atom. The second-order valence-electron chi connectivity index (χ2n) is 13.6. The van der Waals surface area contributed by atoms with Crippen molar-refractivity contribution in [3.8, 4) is 45.3 Å². The Labute approximate surface area is 304 Å². The van der Waals surface area contributed by atoms with E-state index in [0.717, 1.165) is 71.3 Å². The van der Waals surface area contributed by atoms with Crippen LogP contribution in [0.25, 0.3) is 110 Å². The standard InChI is InChI=1S/C49H29N3O/c1-2-11-31(12-3-1)43-28-38(29-44-45(43)42-25-22-33-14-7-9-17-41(33)46(42)53-44)49-51-47(36-21-18-30-10-4-5-15-34(30)26-36)50-48(52-49)37-23-24-40-35(27-37)20-19-32-13-6-8-16-39(32)40/h1-29H. The number of rotatable bonds is 4. The first-order chi connectivity index (χ1) is 26.2. The van der Waals surface area contributed by atoms with Crippen molar-refractivity contribution < 1.29 is 4.42 Å². The van der Waals surface area contributed by atoms with Gasteiger partial charge in [-0.3, -0.25) is 0 Å². The van der Waals surface area contributed by atoms with Gasteiger partial charge in [0.1, 0.15) is 11.2 Å². The molecule has 0 fully saturated rings. The van der Waals surface area contributed by atoms with Crippen molar-refractivity contribution in [2.45, 2.75) is 0 Å². The fourth-order valence-electron chi connectivity index (χ4n) is 7.85. The van der Waals surface area contributed by atoms with Gasteiger partial charge in [-0.15, -0.1) is 0 Å². The van der Waals surface area contributed by atoms with E-state index in [0.29, 0.717) is 17.5 Å². The van der Waals surface area contributed by atoms with Gasteiger partial charge in [0.25, 0.3) is 0 Å². The quantitative estimate of drug-likeness (QED) is 0.174. The first kappa shape index (κ1) is 29.5. The molecule has 0 bridgehead atoms. The summed E-state index contributed by atoms with van der Waals surface area (Å²) in [6.07, 6.45) is 0. The van der Waals surface area contributed by atoms with Crippen LogP contribution in [0.1, 0.15) is 0 Å². The maximum atomic E-state index is 6.78. The Bertz CT molecular complexity index is 3240. The molecule has 0 amide bonds. The minimum absolute atomic E-state index is 0.584. The predicted octanol–water partition coefficient (Wildman–Crippen LogP) is 13.1. The predicted molar refractivity (Wildman–Crippen MR) is 219 cm³/mol. The molecule has 2 aromatic heterocycles. The zero-order valence-electron chi connectivity index (χ0n) is 28.5. The van der Waals surface area contributed by atoms with Crippen molar-refractivity contribution in [3.05, 3.63) is 176 Å². The van der Waals surface area contributed by atoms with Gasteiger partial charge >= 0.3 is 0 Å². The molecule has 2 heterocycles. The van der Waals surface area contributed by atoms with Crippen molar-refractivity contribution in [2.75, 3.05) is 0 Å². The van der Waals surface area contributed by atoms with Crippen LogP contribution in [0.15, 0.2) is 180 Å². The van der Waals surface area contributed by atoms with Gasteiger partial charge < -0.3 is 4.42 Å². The van der Waals surface area contributed by atoms with E-state index < -0.39 is 0 Å². The van der Waals surface area contributed by atoms with E-state index in [4.69, 9.17) is 19.4 Å². The van der Waals surface area contributed by atoms with Crippen molar-refractivity contribution in [1.29, 1.82) is 0 Å². The van der Waals surface area contributed by atoms with Crippen LogP contribution in [0.3, 0.4) is 0 Å². The third-order valence-electron chi connectivity index (χ3n) is 10.5. The van der Waals surface area contributed by atoms with Gasteiger partial charge in [-0.25, -0.2) is 15.0 Å². The van der Waals surface area contributed by atoms with Crippen LogP contribution in [-0.2, 0) is 0 Å². The van der Waals surface area contributed by atoms with Crippen LogP contribution >= 0.6 is 0 Å². The molecule has 9 aromatic carbocycles. The van der Waals surface area contributed by atoms with Gasteiger partial charge in [-0.2, -0.15) is 0 Å². The van der Waals surface area contributed by atoms with Crippen molar-refractivity contribution in [2.24, 2.45) is 0 Å². The molecule has 4 heteroatoms. The topological polar surface area (TPSA) is 51.8 Å². The molecule has 0 saturated carbocycles. The first-order valence-electron chi connectivity index (χ1n) is 17.8. The third-order valence-corrected chi connectivity index (χ3v) is 10.5. The molecule has 0 atom stereocenters. The summed E-state index contributed by atoms with van der Waals surface area (Å²) in [7, 11) is 0. The Kier molecular flexibility index (Phi) is 6.52. The number of hydrogen-bond acceptors (Lipinski definition) is 4. The number of benzene rings is 9. The molecule has 0 saturated heterocycles. The summed E-state index contributed by atoms with van der Waals surface area (Å²) in [6, 6.07) is 61.7. The number of furan rings is 1. The van der Waals surface area contributed by atoms with Gasteiger partial charge in [-0.1, -0.05) is 146 Å². The maximum absolute atomic E-state index is 6.78. The molecule has 53 heavy (non-hydrogen) atoms. The third kappa shape index (κ3) is 4.88. The molecule has 246 valence electrons.